The summed E-state index contributed by atoms with van der Waals surface area (Å²) in [5, 5.41) is 5.51. The lowest BCUT2D eigenvalue weighted by atomic mass is 9.84. The van der Waals surface area contributed by atoms with Crippen LogP contribution in [0.1, 0.15) is 29.8 Å². The third-order valence-electron chi connectivity index (χ3n) is 4.50. The lowest BCUT2D eigenvalue weighted by molar-refractivity contribution is -0.120. The van der Waals surface area contributed by atoms with Crippen LogP contribution in [0.2, 0.25) is 0 Å². The Kier molecular flexibility index (Phi) is 5.64. The number of carbonyl (C=O) groups is 2. The molecule has 6 nitrogen and oxygen atoms in total. The highest BCUT2D eigenvalue weighted by Crippen LogP contribution is 2.34. The first kappa shape index (κ1) is 18.8. The number of amides is 2. The largest absolute Gasteiger partial charge is 0.486 e. The minimum Gasteiger partial charge on any atom is -0.486 e. The van der Waals surface area contributed by atoms with Gasteiger partial charge < -0.3 is 20.1 Å². The Morgan fingerprint density at radius 1 is 0.963 bits per heavy atom. The van der Waals surface area contributed by atoms with Crippen LogP contribution in [0.15, 0.2) is 48.5 Å². The molecule has 0 saturated carbocycles. The topological polar surface area (TPSA) is 76.7 Å². The second-order valence-electron chi connectivity index (χ2n) is 7.07. The fourth-order valence-electron chi connectivity index (χ4n) is 2.80. The molecule has 2 aromatic carbocycles. The van der Waals surface area contributed by atoms with Gasteiger partial charge in [0, 0.05) is 17.5 Å². The smallest absolute Gasteiger partial charge is 0.251 e. The van der Waals surface area contributed by atoms with Crippen molar-refractivity contribution in [2.24, 2.45) is 0 Å². The molecule has 6 heteroatoms. The Bertz CT molecular complexity index is 818. The molecule has 3 rings (SSSR count). The molecule has 0 fully saturated rings. The van der Waals surface area contributed by atoms with E-state index >= 15 is 0 Å². The summed E-state index contributed by atoms with van der Waals surface area (Å²) < 4.78 is 11.2. The van der Waals surface area contributed by atoms with Crippen molar-refractivity contribution in [3.8, 4) is 11.5 Å². The van der Waals surface area contributed by atoms with Crippen LogP contribution in [0.5, 0.6) is 11.5 Å². The van der Waals surface area contributed by atoms with Crippen LogP contribution >= 0.6 is 0 Å². The van der Waals surface area contributed by atoms with E-state index in [1.807, 2.05) is 38.1 Å². The van der Waals surface area contributed by atoms with Crippen molar-refractivity contribution in [2.75, 3.05) is 26.3 Å². The zero-order valence-electron chi connectivity index (χ0n) is 15.6. The highest BCUT2D eigenvalue weighted by molar-refractivity contribution is 5.96. The predicted octanol–water partition coefficient (Wildman–Crippen LogP) is 2.28. The van der Waals surface area contributed by atoms with E-state index in [0.717, 1.165) is 17.1 Å². The van der Waals surface area contributed by atoms with Crippen molar-refractivity contribution in [3.05, 3.63) is 59.7 Å². The van der Waals surface area contributed by atoms with Crippen molar-refractivity contribution in [2.45, 2.75) is 19.3 Å². The number of hydrogen-bond acceptors (Lipinski definition) is 4. The van der Waals surface area contributed by atoms with Crippen LogP contribution in [0.25, 0.3) is 0 Å². The maximum atomic E-state index is 12.1. The van der Waals surface area contributed by atoms with Gasteiger partial charge in [-0.1, -0.05) is 38.1 Å². The lowest BCUT2D eigenvalue weighted by Crippen LogP contribution is -2.42. The number of rotatable bonds is 6. The molecule has 0 aliphatic carbocycles. The van der Waals surface area contributed by atoms with Crippen LogP contribution in [0.3, 0.4) is 0 Å². The Labute approximate surface area is 158 Å². The number of carbonyl (C=O) groups excluding carboxylic acids is 2. The molecule has 0 saturated heterocycles. The van der Waals surface area contributed by atoms with Crippen LogP contribution < -0.4 is 20.1 Å². The first-order valence-corrected chi connectivity index (χ1v) is 8.96. The second kappa shape index (κ2) is 8.12. The summed E-state index contributed by atoms with van der Waals surface area (Å²) in [6, 6.07) is 14.7. The van der Waals surface area contributed by atoms with E-state index in [4.69, 9.17) is 9.47 Å². The average molecular weight is 368 g/mol. The molecular formula is C21H24N2O4. The van der Waals surface area contributed by atoms with Gasteiger partial charge in [-0.3, -0.25) is 9.59 Å². The molecule has 2 aromatic rings. The normalized spacial score (nSPS) is 13.0. The van der Waals surface area contributed by atoms with Crippen molar-refractivity contribution < 1.29 is 19.1 Å². The SMILES string of the molecule is CC(C)(CNC(=O)CNC(=O)c1ccccc1)c1ccc2c(c1)OCCO2. The van der Waals surface area contributed by atoms with E-state index in [1.54, 1.807) is 24.3 Å². The third-order valence-corrected chi connectivity index (χ3v) is 4.50. The van der Waals surface area contributed by atoms with Gasteiger partial charge in [0.05, 0.1) is 6.54 Å². The summed E-state index contributed by atoms with van der Waals surface area (Å²) in [5.74, 6) is 0.975. The van der Waals surface area contributed by atoms with Gasteiger partial charge in [-0.05, 0) is 29.8 Å². The molecule has 1 aliphatic rings. The van der Waals surface area contributed by atoms with E-state index in [0.29, 0.717) is 25.3 Å². The Morgan fingerprint density at radius 2 is 1.67 bits per heavy atom. The number of hydrogen-bond donors (Lipinski definition) is 2. The molecular weight excluding hydrogens is 344 g/mol. The minimum absolute atomic E-state index is 0.0645. The zero-order valence-corrected chi connectivity index (χ0v) is 15.6. The maximum Gasteiger partial charge on any atom is 0.251 e. The lowest BCUT2D eigenvalue weighted by Gasteiger charge is -2.28. The van der Waals surface area contributed by atoms with E-state index in [1.165, 1.54) is 0 Å². The number of benzene rings is 2. The van der Waals surface area contributed by atoms with E-state index < -0.39 is 0 Å². The van der Waals surface area contributed by atoms with Gasteiger partial charge in [-0.25, -0.2) is 0 Å². The quantitative estimate of drug-likeness (QED) is 0.820. The maximum absolute atomic E-state index is 12.1. The molecule has 2 N–H and O–H groups in total. The Morgan fingerprint density at radius 3 is 2.41 bits per heavy atom. The van der Waals surface area contributed by atoms with Gasteiger partial charge in [-0.15, -0.1) is 0 Å². The van der Waals surface area contributed by atoms with Crippen molar-refractivity contribution >= 4 is 11.8 Å². The van der Waals surface area contributed by atoms with Crippen molar-refractivity contribution in [1.29, 1.82) is 0 Å². The zero-order chi connectivity index (χ0) is 19.3. The molecule has 142 valence electrons. The highest BCUT2D eigenvalue weighted by atomic mass is 16.6. The molecule has 27 heavy (non-hydrogen) atoms. The first-order valence-electron chi connectivity index (χ1n) is 8.96. The van der Waals surface area contributed by atoms with Gasteiger partial charge in [0.25, 0.3) is 5.91 Å². The summed E-state index contributed by atoms with van der Waals surface area (Å²) in [4.78, 5) is 24.1. The summed E-state index contributed by atoms with van der Waals surface area (Å²) >= 11 is 0. The standard InChI is InChI=1S/C21H24N2O4/c1-21(2,16-8-9-17-18(12-16)27-11-10-26-17)14-23-19(24)13-22-20(25)15-6-4-3-5-7-15/h3-9,12H,10-11,13-14H2,1-2H3,(H,22,25)(H,23,24). The number of nitrogens with one attached hydrogen (secondary N) is 2. The van der Waals surface area contributed by atoms with E-state index in [9.17, 15) is 9.59 Å². The van der Waals surface area contributed by atoms with Crippen LogP contribution in [-0.4, -0.2) is 38.1 Å². The predicted molar refractivity (Wildman–Crippen MR) is 102 cm³/mol. The molecule has 1 heterocycles. The van der Waals surface area contributed by atoms with Gasteiger partial charge in [0.1, 0.15) is 13.2 Å². The summed E-state index contributed by atoms with van der Waals surface area (Å²) in [6.07, 6.45) is 0. The van der Waals surface area contributed by atoms with Gasteiger partial charge in [-0.2, -0.15) is 0 Å². The molecule has 0 atom stereocenters. The third kappa shape index (κ3) is 4.78. The fourth-order valence-corrected chi connectivity index (χ4v) is 2.80. The number of fused-ring (bicyclic) bond motifs is 1. The molecule has 1 aliphatic heterocycles. The Hall–Kier alpha value is -3.02. The monoisotopic (exact) mass is 368 g/mol. The van der Waals surface area contributed by atoms with E-state index in [-0.39, 0.29) is 23.8 Å². The minimum atomic E-state index is -0.297. The summed E-state index contributed by atoms with van der Waals surface area (Å²) in [6.45, 7) is 5.55. The summed E-state index contributed by atoms with van der Waals surface area (Å²) in [7, 11) is 0. The highest BCUT2D eigenvalue weighted by Gasteiger charge is 2.24. The molecule has 0 aromatic heterocycles. The Balaban J connectivity index is 1.52. The van der Waals surface area contributed by atoms with E-state index in [2.05, 4.69) is 10.6 Å². The fraction of sp³-hybridized carbons (Fsp3) is 0.333. The molecule has 0 spiro atoms. The average Bonchev–Trinajstić information content (AvgIpc) is 2.70. The van der Waals surface area contributed by atoms with Gasteiger partial charge in [0.15, 0.2) is 11.5 Å². The molecule has 0 bridgehead atoms. The summed E-state index contributed by atoms with van der Waals surface area (Å²) in [5.41, 5.74) is 1.27. The van der Waals surface area contributed by atoms with Crippen LogP contribution in [0.4, 0.5) is 0 Å². The molecule has 2 amide bonds. The van der Waals surface area contributed by atoms with Crippen LogP contribution in [-0.2, 0) is 10.2 Å². The van der Waals surface area contributed by atoms with Gasteiger partial charge in [0.2, 0.25) is 5.91 Å². The van der Waals surface area contributed by atoms with Crippen molar-refractivity contribution in [3.63, 3.8) is 0 Å². The molecule has 0 unspecified atom stereocenters. The second-order valence-corrected chi connectivity index (χ2v) is 7.07. The first-order chi connectivity index (χ1) is 13.0. The van der Waals surface area contributed by atoms with Crippen molar-refractivity contribution in [1.82, 2.24) is 10.6 Å². The number of ether oxygens (including phenoxy) is 2. The van der Waals surface area contributed by atoms with Crippen LogP contribution in [0, 0.1) is 0 Å². The molecule has 0 radical (unpaired) electrons. The van der Waals surface area contributed by atoms with Gasteiger partial charge >= 0.3 is 0 Å².